The van der Waals surface area contributed by atoms with Crippen LogP contribution in [0.5, 0.6) is 0 Å². The summed E-state index contributed by atoms with van der Waals surface area (Å²) in [5, 5.41) is 7.54. The molecule has 0 saturated carbocycles. The molecular weight excluding hydrogens is 310 g/mol. The van der Waals surface area contributed by atoms with Gasteiger partial charge in [-0.2, -0.15) is 9.61 Å². The number of hydrogen-bond acceptors (Lipinski definition) is 3. The highest BCUT2D eigenvalue weighted by molar-refractivity contribution is 5.78. The monoisotopic (exact) mass is 322 g/mol. The normalized spacial score (nSPS) is 10.9. The highest BCUT2D eigenvalue weighted by Gasteiger charge is 2.11. The molecule has 2 aromatic carbocycles. The first kappa shape index (κ1) is 14.3. The van der Waals surface area contributed by atoms with Crippen LogP contribution >= 0.6 is 0 Å². The minimum Gasteiger partial charge on any atom is -0.340 e. The number of nitrogens with one attached hydrogen (secondary N) is 1. The number of halogens is 2. The predicted octanol–water partition coefficient (Wildman–Crippen LogP) is 4.42. The summed E-state index contributed by atoms with van der Waals surface area (Å²) in [5.41, 5.74) is 3.02. The second-order valence-corrected chi connectivity index (χ2v) is 5.26. The maximum absolute atomic E-state index is 13.1. The van der Waals surface area contributed by atoms with Gasteiger partial charge in [-0.15, -0.1) is 0 Å². The smallest absolute Gasteiger partial charge is 0.165 e. The summed E-state index contributed by atoms with van der Waals surface area (Å²) >= 11 is 0. The molecule has 0 aliphatic carbocycles. The van der Waals surface area contributed by atoms with Gasteiger partial charge in [-0.25, -0.2) is 13.8 Å². The van der Waals surface area contributed by atoms with E-state index in [1.807, 2.05) is 0 Å². The molecule has 0 aliphatic rings. The molecule has 6 heteroatoms. The average molecular weight is 322 g/mol. The Morgan fingerprint density at radius 3 is 2.21 bits per heavy atom. The zero-order valence-corrected chi connectivity index (χ0v) is 12.4. The Balaban J connectivity index is 1.76. The van der Waals surface area contributed by atoms with Gasteiger partial charge in [0.05, 0.1) is 6.20 Å². The van der Waals surface area contributed by atoms with E-state index < -0.39 is 0 Å². The third-order valence-corrected chi connectivity index (χ3v) is 3.67. The predicted molar refractivity (Wildman–Crippen MR) is 88.1 cm³/mol. The topological polar surface area (TPSA) is 42.2 Å². The second kappa shape index (κ2) is 5.73. The number of anilines is 2. The highest BCUT2D eigenvalue weighted by atomic mass is 19.1. The molecule has 1 N–H and O–H groups in total. The molecule has 0 bridgehead atoms. The van der Waals surface area contributed by atoms with E-state index in [0.717, 1.165) is 16.8 Å². The minimum atomic E-state index is -0.293. The summed E-state index contributed by atoms with van der Waals surface area (Å²) in [4.78, 5) is 4.36. The van der Waals surface area contributed by atoms with Crippen molar-refractivity contribution in [3.63, 3.8) is 0 Å². The second-order valence-electron chi connectivity index (χ2n) is 5.26. The molecule has 24 heavy (non-hydrogen) atoms. The van der Waals surface area contributed by atoms with Crippen molar-refractivity contribution < 1.29 is 8.78 Å². The third-order valence-electron chi connectivity index (χ3n) is 3.67. The molecule has 0 fully saturated rings. The quantitative estimate of drug-likeness (QED) is 0.607. The Bertz CT molecular complexity index is 992. The molecule has 2 heterocycles. The van der Waals surface area contributed by atoms with Crippen molar-refractivity contribution in [1.82, 2.24) is 14.6 Å². The summed E-state index contributed by atoms with van der Waals surface area (Å²) in [6.45, 7) is 0. The number of rotatable bonds is 3. The molecule has 4 rings (SSSR count). The lowest BCUT2D eigenvalue weighted by molar-refractivity contribution is 0.627. The fourth-order valence-electron chi connectivity index (χ4n) is 2.50. The molecule has 0 spiro atoms. The first-order chi connectivity index (χ1) is 11.7. The molecular formula is C18H12F2N4. The first-order valence-corrected chi connectivity index (χ1v) is 7.32. The maximum Gasteiger partial charge on any atom is 0.165 e. The van der Waals surface area contributed by atoms with Crippen LogP contribution in [0.25, 0.3) is 16.8 Å². The molecule has 0 amide bonds. The van der Waals surface area contributed by atoms with E-state index in [4.69, 9.17) is 0 Å². The van der Waals surface area contributed by atoms with Gasteiger partial charge < -0.3 is 5.32 Å². The van der Waals surface area contributed by atoms with E-state index in [1.165, 1.54) is 24.3 Å². The number of benzene rings is 2. The van der Waals surface area contributed by atoms with Crippen LogP contribution < -0.4 is 5.32 Å². The van der Waals surface area contributed by atoms with Crippen molar-refractivity contribution in [1.29, 1.82) is 0 Å². The van der Waals surface area contributed by atoms with Crippen LogP contribution in [0.4, 0.5) is 20.3 Å². The van der Waals surface area contributed by atoms with Crippen LogP contribution in [0, 0.1) is 11.6 Å². The minimum absolute atomic E-state index is 0.290. The van der Waals surface area contributed by atoms with E-state index in [-0.39, 0.29) is 11.6 Å². The van der Waals surface area contributed by atoms with Crippen LogP contribution in [0.15, 0.2) is 67.0 Å². The van der Waals surface area contributed by atoms with E-state index in [9.17, 15) is 8.78 Å². The van der Waals surface area contributed by atoms with Crippen LogP contribution in [0.3, 0.4) is 0 Å². The fourth-order valence-corrected chi connectivity index (χ4v) is 2.50. The lowest BCUT2D eigenvalue weighted by Gasteiger charge is -2.08. The zero-order chi connectivity index (χ0) is 16.5. The van der Waals surface area contributed by atoms with Gasteiger partial charge in [0.1, 0.15) is 17.5 Å². The van der Waals surface area contributed by atoms with Gasteiger partial charge in [0, 0.05) is 17.4 Å². The Labute approximate surface area is 136 Å². The van der Waals surface area contributed by atoms with Gasteiger partial charge in [-0.1, -0.05) is 12.1 Å². The zero-order valence-electron chi connectivity index (χ0n) is 12.4. The van der Waals surface area contributed by atoms with Crippen molar-refractivity contribution in [2.75, 3.05) is 5.32 Å². The van der Waals surface area contributed by atoms with E-state index in [2.05, 4.69) is 15.4 Å². The third kappa shape index (κ3) is 2.58. The molecule has 2 aromatic heterocycles. The molecule has 0 aliphatic heterocycles. The Morgan fingerprint density at radius 2 is 1.50 bits per heavy atom. The van der Waals surface area contributed by atoms with Gasteiger partial charge in [-0.05, 0) is 48.0 Å². The molecule has 0 unspecified atom stereocenters. The van der Waals surface area contributed by atoms with Gasteiger partial charge >= 0.3 is 0 Å². The van der Waals surface area contributed by atoms with E-state index >= 15 is 0 Å². The standard InChI is InChI=1S/C18H12F2N4/c19-13-3-1-12(2-4-13)16-11-22-24-17(9-10-21-18(16)24)23-15-7-5-14(20)6-8-15/h1-11,23H. The molecule has 0 saturated heterocycles. The lowest BCUT2D eigenvalue weighted by atomic mass is 10.1. The van der Waals surface area contributed by atoms with Crippen LogP contribution in [-0.4, -0.2) is 14.6 Å². The van der Waals surface area contributed by atoms with Gasteiger partial charge in [0.25, 0.3) is 0 Å². The molecule has 0 radical (unpaired) electrons. The number of hydrogen-bond donors (Lipinski definition) is 1. The van der Waals surface area contributed by atoms with Crippen molar-refractivity contribution >= 4 is 17.2 Å². The molecule has 4 nitrogen and oxygen atoms in total. The summed E-state index contributed by atoms with van der Waals surface area (Å²) in [5.74, 6) is 0.111. The van der Waals surface area contributed by atoms with E-state index in [0.29, 0.717) is 11.5 Å². The first-order valence-electron chi connectivity index (χ1n) is 7.32. The van der Waals surface area contributed by atoms with E-state index in [1.54, 1.807) is 47.2 Å². The molecule has 0 atom stereocenters. The maximum atomic E-state index is 13.1. The summed E-state index contributed by atoms with van der Waals surface area (Å²) in [6, 6.07) is 14.0. The average Bonchev–Trinajstić information content (AvgIpc) is 3.03. The molecule has 118 valence electrons. The van der Waals surface area contributed by atoms with Crippen molar-refractivity contribution in [2.24, 2.45) is 0 Å². The lowest BCUT2D eigenvalue weighted by Crippen LogP contribution is -2.00. The Morgan fingerprint density at radius 1 is 0.833 bits per heavy atom. The summed E-state index contributed by atoms with van der Waals surface area (Å²) < 4.78 is 27.8. The summed E-state index contributed by atoms with van der Waals surface area (Å²) in [7, 11) is 0. The van der Waals surface area contributed by atoms with Crippen LogP contribution in [0.2, 0.25) is 0 Å². The SMILES string of the molecule is Fc1ccc(Nc2ccnc3c(-c4ccc(F)cc4)cnn23)cc1. The largest absolute Gasteiger partial charge is 0.340 e. The van der Waals surface area contributed by atoms with Crippen LogP contribution in [-0.2, 0) is 0 Å². The number of fused-ring (bicyclic) bond motifs is 1. The van der Waals surface area contributed by atoms with Crippen LogP contribution in [0.1, 0.15) is 0 Å². The number of nitrogens with zero attached hydrogens (tertiary/aromatic N) is 3. The number of aromatic nitrogens is 3. The Hall–Kier alpha value is -3.28. The summed E-state index contributed by atoms with van der Waals surface area (Å²) in [6.07, 6.45) is 3.35. The highest BCUT2D eigenvalue weighted by Crippen LogP contribution is 2.26. The van der Waals surface area contributed by atoms with Gasteiger partial charge in [0.15, 0.2) is 5.65 Å². The van der Waals surface area contributed by atoms with Gasteiger partial charge in [0.2, 0.25) is 0 Å². The van der Waals surface area contributed by atoms with Gasteiger partial charge in [-0.3, -0.25) is 0 Å². The Kier molecular flexibility index (Phi) is 3.42. The van der Waals surface area contributed by atoms with Crippen molar-refractivity contribution in [3.05, 3.63) is 78.6 Å². The van der Waals surface area contributed by atoms with Crippen molar-refractivity contribution in [3.8, 4) is 11.1 Å². The van der Waals surface area contributed by atoms with Crippen molar-refractivity contribution in [2.45, 2.75) is 0 Å². The molecule has 4 aromatic rings. The fraction of sp³-hybridized carbons (Fsp3) is 0.